The molecule has 13 heavy (non-hydrogen) atoms. The van der Waals surface area contributed by atoms with Crippen molar-refractivity contribution in [2.24, 2.45) is 0 Å². The number of ether oxygens (including phenoxy) is 1. The zero-order chi connectivity index (χ0) is 9.52. The molecule has 0 fully saturated rings. The third kappa shape index (κ3) is 2.94. The molecule has 1 aromatic carbocycles. The van der Waals surface area contributed by atoms with E-state index in [9.17, 15) is 0 Å². The van der Waals surface area contributed by atoms with Gasteiger partial charge in [0.05, 0.1) is 6.61 Å². The Morgan fingerprint density at radius 3 is 2.85 bits per heavy atom. The molecule has 1 nitrogen and oxygen atoms in total. The second-order valence-corrected chi connectivity index (χ2v) is 2.89. The summed E-state index contributed by atoms with van der Waals surface area (Å²) in [6.45, 7) is 6.51. The molecule has 0 heterocycles. The monoisotopic (exact) mass is 176 g/mol. The van der Waals surface area contributed by atoms with E-state index in [4.69, 9.17) is 4.74 Å². The van der Waals surface area contributed by atoms with Crippen LogP contribution in [-0.4, -0.2) is 6.61 Å². The quantitative estimate of drug-likeness (QED) is 0.494. The van der Waals surface area contributed by atoms with Gasteiger partial charge in [0.1, 0.15) is 5.75 Å². The van der Waals surface area contributed by atoms with Crippen LogP contribution in [0.3, 0.4) is 0 Å². The Hall–Kier alpha value is -1.24. The molecular weight excluding hydrogens is 160 g/mol. The van der Waals surface area contributed by atoms with Crippen molar-refractivity contribution in [1.29, 1.82) is 0 Å². The number of aryl methyl sites for hydroxylation is 1. The van der Waals surface area contributed by atoms with Gasteiger partial charge in [0.15, 0.2) is 0 Å². The highest BCUT2D eigenvalue weighted by Crippen LogP contribution is 2.18. The van der Waals surface area contributed by atoms with Crippen molar-refractivity contribution in [3.63, 3.8) is 0 Å². The normalized spacial score (nSPS) is 9.62. The molecule has 1 rings (SSSR count). The number of hydrogen-bond acceptors (Lipinski definition) is 1. The molecule has 0 N–H and O–H groups in total. The average molecular weight is 176 g/mol. The van der Waals surface area contributed by atoms with E-state index in [1.165, 1.54) is 5.56 Å². The summed E-state index contributed by atoms with van der Waals surface area (Å²) in [6, 6.07) is 8.16. The minimum Gasteiger partial charge on any atom is -0.493 e. The smallest absolute Gasteiger partial charge is 0.122 e. The third-order valence-electron chi connectivity index (χ3n) is 1.93. The Labute approximate surface area is 80.0 Å². The van der Waals surface area contributed by atoms with Crippen LogP contribution in [0.25, 0.3) is 0 Å². The Bertz CT molecular complexity index is 266. The Balaban J connectivity index is 2.58. The number of hydrogen-bond donors (Lipinski definition) is 0. The first-order chi connectivity index (χ1) is 6.38. The Kier molecular flexibility index (Phi) is 4.10. The fraction of sp³-hybridized carbons (Fsp3) is 0.333. The summed E-state index contributed by atoms with van der Waals surface area (Å²) in [6.07, 6.45) is 3.79. The van der Waals surface area contributed by atoms with E-state index < -0.39 is 0 Å². The lowest BCUT2D eigenvalue weighted by atomic mass is 10.1. The summed E-state index contributed by atoms with van der Waals surface area (Å²) in [7, 11) is 0. The number of rotatable bonds is 5. The molecule has 0 aliphatic heterocycles. The van der Waals surface area contributed by atoms with Gasteiger partial charge in [-0.25, -0.2) is 0 Å². The Morgan fingerprint density at radius 2 is 2.15 bits per heavy atom. The lowest BCUT2D eigenvalue weighted by Gasteiger charge is -2.08. The minimum absolute atomic E-state index is 0.723. The van der Waals surface area contributed by atoms with E-state index in [-0.39, 0.29) is 0 Å². The summed E-state index contributed by atoms with van der Waals surface area (Å²) >= 11 is 0. The molecule has 0 aliphatic carbocycles. The maximum absolute atomic E-state index is 5.60. The summed E-state index contributed by atoms with van der Waals surface area (Å²) in [4.78, 5) is 0. The van der Waals surface area contributed by atoms with E-state index in [1.807, 2.05) is 24.3 Å². The van der Waals surface area contributed by atoms with Gasteiger partial charge in [-0.1, -0.05) is 31.2 Å². The topological polar surface area (TPSA) is 9.23 Å². The van der Waals surface area contributed by atoms with E-state index >= 15 is 0 Å². The van der Waals surface area contributed by atoms with Gasteiger partial charge in [-0.05, 0) is 24.5 Å². The lowest BCUT2D eigenvalue weighted by molar-refractivity contribution is 0.322. The molecule has 0 bridgehead atoms. The van der Waals surface area contributed by atoms with Crippen LogP contribution >= 0.6 is 0 Å². The molecule has 1 aromatic rings. The van der Waals surface area contributed by atoms with Crippen LogP contribution in [-0.2, 0) is 6.42 Å². The number of para-hydroxylation sites is 1. The molecule has 0 aromatic heterocycles. The number of benzene rings is 1. The molecule has 0 unspecified atom stereocenters. The standard InChI is InChI=1S/C12H16O/c1-3-5-10-13-12-9-7-6-8-11(12)4-2/h3,6-9H,1,4-5,10H2,2H3. The highest BCUT2D eigenvalue weighted by molar-refractivity contribution is 5.33. The van der Waals surface area contributed by atoms with Crippen molar-refractivity contribution in [1.82, 2.24) is 0 Å². The van der Waals surface area contributed by atoms with Crippen molar-refractivity contribution in [2.45, 2.75) is 19.8 Å². The predicted molar refractivity (Wildman–Crippen MR) is 56.1 cm³/mol. The lowest BCUT2D eigenvalue weighted by Crippen LogP contribution is -1.98. The van der Waals surface area contributed by atoms with Crippen LogP contribution in [0.1, 0.15) is 18.9 Å². The van der Waals surface area contributed by atoms with Gasteiger partial charge in [-0.3, -0.25) is 0 Å². The van der Waals surface area contributed by atoms with E-state index in [0.717, 1.165) is 25.2 Å². The van der Waals surface area contributed by atoms with Gasteiger partial charge < -0.3 is 4.74 Å². The third-order valence-corrected chi connectivity index (χ3v) is 1.93. The van der Waals surface area contributed by atoms with E-state index in [2.05, 4.69) is 19.6 Å². The molecule has 0 amide bonds. The van der Waals surface area contributed by atoms with Gasteiger partial charge in [-0.2, -0.15) is 0 Å². The first-order valence-electron chi connectivity index (χ1n) is 4.70. The van der Waals surface area contributed by atoms with Crippen molar-refractivity contribution in [3.8, 4) is 5.75 Å². The molecular formula is C12H16O. The SMILES string of the molecule is C=CCCOc1ccccc1CC. The maximum Gasteiger partial charge on any atom is 0.122 e. The van der Waals surface area contributed by atoms with Gasteiger partial charge in [0, 0.05) is 0 Å². The van der Waals surface area contributed by atoms with Crippen LogP contribution in [0.15, 0.2) is 36.9 Å². The zero-order valence-corrected chi connectivity index (χ0v) is 8.12. The second-order valence-electron chi connectivity index (χ2n) is 2.89. The van der Waals surface area contributed by atoms with E-state index in [0.29, 0.717) is 0 Å². The van der Waals surface area contributed by atoms with Crippen molar-refractivity contribution in [2.75, 3.05) is 6.61 Å². The molecule has 0 radical (unpaired) electrons. The molecule has 0 saturated heterocycles. The first-order valence-corrected chi connectivity index (χ1v) is 4.70. The highest BCUT2D eigenvalue weighted by atomic mass is 16.5. The van der Waals surface area contributed by atoms with Gasteiger partial charge >= 0.3 is 0 Å². The largest absolute Gasteiger partial charge is 0.493 e. The van der Waals surface area contributed by atoms with Crippen molar-refractivity contribution < 1.29 is 4.74 Å². The minimum atomic E-state index is 0.723. The van der Waals surface area contributed by atoms with Gasteiger partial charge in [-0.15, -0.1) is 6.58 Å². The van der Waals surface area contributed by atoms with E-state index in [1.54, 1.807) is 0 Å². The average Bonchev–Trinajstić information content (AvgIpc) is 2.19. The second kappa shape index (κ2) is 5.41. The zero-order valence-electron chi connectivity index (χ0n) is 8.12. The summed E-state index contributed by atoms with van der Waals surface area (Å²) < 4.78 is 5.60. The predicted octanol–water partition coefficient (Wildman–Crippen LogP) is 3.20. The van der Waals surface area contributed by atoms with Gasteiger partial charge in [0.25, 0.3) is 0 Å². The molecule has 70 valence electrons. The molecule has 0 atom stereocenters. The fourth-order valence-corrected chi connectivity index (χ4v) is 1.19. The highest BCUT2D eigenvalue weighted by Gasteiger charge is 1.98. The summed E-state index contributed by atoms with van der Waals surface area (Å²) in [5.41, 5.74) is 1.27. The molecule has 0 saturated carbocycles. The molecule has 1 heteroatoms. The summed E-state index contributed by atoms with van der Waals surface area (Å²) in [5.74, 6) is 1.01. The molecule has 0 spiro atoms. The van der Waals surface area contributed by atoms with Crippen LogP contribution in [0.4, 0.5) is 0 Å². The first kappa shape index (κ1) is 9.85. The van der Waals surface area contributed by atoms with Crippen LogP contribution < -0.4 is 4.74 Å². The fourth-order valence-electron chi connectivity index (χ4n) is 1.19. The summed E-state index contributed by atoms with van der Waals surface area (Å²) in [5, 5.41) is 0. The van der Waals surface area contributed by atoms with Crippen LogP contribution in [0.5, 0.6) is 5.75 Å². The Morgan fingerprint density at radius 1 is 1.38 bits per heavy atom. The van der Waals surface area contributed by atoms with Crippen molar-refractivity contribution >= 4 is 0 Å². The molecule has 0 aliphatic rings. The maximum atomic E-state index is 5.60. The van der Waals surface area contributed by atoms with Crippen LogP contribution in [0, 0.1) is 0 Å². The van der Waals surface area contributed by atoms with Gasteiger partial charge in [0.2, 0.25) is 0 Å². The van der Waals surface area contributed by atoms with Crippen molar-refractivity contribution in [3.05, 3.63) is 42.5 Å². The van der Waals surface area contributed by atoms with Crippen LogP contribution in [0.2, 0.25) is 0 Å².